The van der Waals surface area contributed by atoms with Crippen LogP contribution in [0.4, 0.5) is 5.69 Å². The molecule has 5 heteroatoms. The van der Waals surface area contributed by atoms with E-state index in [-0.39, 0.29) is 17.9 Å². The summed E-state index contributed by atoms with van der Waals surface area (Å²) < 4.78 is 0. The van der Waals surface area contributed by atoms with Gasteiger partial charge < -0.3 is 15.6 Å². The Hall–Kier alpha value is -3.86. The highest BCUT2D eigenvalue weighted by molar-refractivity contribution is 6.04. The summed E-state index contributed by atoms with van der Waals surface area (Å²) in [6, 6.07) is 24.2. The van der Waals surface area contributed by atoms with Crippen molar-refractivity contribution >= 4 is 28.4 Å². The van der Waals surface area contributed by atoms with Crippen LogP contribution in [0.2, 0.25) is 0 Å². The number of amides is 2. The molecule has 0 bridgehead atoms. The number of carbonyl (C=O) groups is 2. The van der Waals surface area contributed by atoms with Gasteiger partial charge >= 0.3 is 0 Å². The van der Waals surface area contributed by atoms with E-state index in [4.69, 9.17) is 0 Å². The molecule has 1 heterocycles. The standard InChI is InChI=1S/C25H23N3O2/c1-16-11-12-22-20(13-16)15-23(28-22)25(30)26-17(2)19-9-6-10-21(14-19)27-24(29)18-7-4-3-5-8-18/h3-15,17,28H,1-2H3,(H,26,30)(H,27,29). The molecule has 4 aromatic rings. The molecule has 3 aromatic carbocycles. The molecule has 0 fully saturated rings. The largest absolute Gasteiger partial charge is 0.351 e. The van der Waals surface area contributed by atoms with Crippen molar-refractivity contribution < 1.29 is 9.59 Å². The number of benzene rings is 3. The molecule has 0 saturated carbocycles. The summed E-state index contributed by atoms with van der Waals surface area (Å²) in [5, 5.41) is 6.93. The number of fused-ring (bicyclic) bond motifs is 1. The van der Waals surface area contributed by atoms with Gasteiger partial charge in [-0.2, -0.15) is 0 Å². The molecular weight excluding hydrogens is 374 g/mol. The number of nitrogens with one attached hydrogen (secondary N) is 3. The van der Waals surface area contributed by atoms with Crippen molar-refractivity contribution in [3.8, 4) is 0 Å². The van der Waals surface area contributed by atoms with Crippen molar-refractivity contribution in [2.24, 2.45) is 0 Å². The fourth-order valence-corrected chi connectivity index (χ4v) is 3.41. The third-order valence-corrected chi connectivity index (χ3v) is 5.05. The molecular formula is C25H23N3O2. The molecule has 1 atom stereocenters. The van der Waals surface area contributed by atoms with Crippen molar-refractivity contribution in [1.82, 2.24) is 10.3 Å². The summed E-state index contributed by atoms with van der Waals surface area (Å²) in [7, 11) is 0. The van der Waals surface area contributed by atoms with Crippen LogP contribution < -0.4 is 10.6 Å². The number of rotatable bonds is 5. The molecule has 0 radical (unpaired) electrons. The number of H-pyrrole nitrogens is 1. The third-order valence-electron chi connectivity index (χ3n) is 5.05. The van der Waals surface area contributed by atoms with Gasteiger partial charge in [0.2, 0.25) is 0 Å². The number of hydrogen-bond acceptors (Lipinski definition) is 2. The molecule has 0 aliphatic rings. The normalized spacial score (nSPS) is 11.8. The molecule has 5 nitrogen and oxygen atoms in total. The summed E-state index contributed by atoms with van der Waals surface area (Å²) in [5.41, 5.74) is 4.79. The number of aromatic nitrogens is 1. The van der Waals surface area contributed by atoms with Gasteiger partial charge in [-0.3, -0.25) is 9.59 Å². The van der Waals surface area contributed by atoms with Gasteiger partial charge in [-0.15, -0.1) is 0 Å². The first-order valence-electron chi connectivity index (χ1n) is 9.86. The fourth-order valence-electron chi connectivity index (χ4n) is 3.41. The first-order valence-corrected chi connectivity index (χ1v) is 9.86. The van der Waals surface area contributed by atoms with Crippen molar-refractivity contribution in [2.45, 2.75) is 19.9 Å². The fraction of sp³-hybridized carbons (Fsp3) is 0.120. The average Bonchev–Trinajstić information content (AvgIpc) is 3.18. The van der Waals surface area contributed by atoms with Crippen LogP contribution in [0.1, 0.15) is 44.9 Å². The highest BCUT2D eigenvalue weighted by atomic mass is 16.2. The van der Waals surface area contributed by atoms with E-state index in [1.807, 2.05) is 80.6 Å². The van der Waals surface area contributed by atoms with Crippen molar-refractivity contribution in [1.29, 1.82) is 0 Å². The topological polar surface area (TPSA) is 74.0 Å². The molecule has 150 valence electrons. The van der Waals surface area contributed by atoms with E-state index in [1.165, 1.54) is 0 Å². The Bertz CT molecular complexity index is 1210. The molecule has 0 aliphatic carbocycles. The zero-order valence-electron chi connectivity index (χ0n) is 16.9. The Labute approximate surface area is 175 Å². The highest BCUT2D eigenvalue weighted by Gasteiger charge is 2.15. The van der Waals surface area contributed by atoms with Gasteiger partial charge in [0.05, 0.1) is 6.04 Å². The van der Waals surface area contributed by atoms with E-state index in [0.29, 0.717) is 16.9 Å². The van der Waals surface area contributed by atoms with Gasteiger partial charge in [0.25, 0.3) is 11.8 Å². The Balaban J connectivity index is 1.46. The second-order valence-corrected chi connectivity index (χ2v) is 7.41. The van der Waals surface area contributed by atoms with Crippen LogP contribution in [-0.4, -0.2) is 16.8 Å². The number of anilines is 1. The summed E-state index contributed by atoms with van der Waals surface area (Å²) >= 11 is 0. The van der Waals surface area contributed by atoms with E-state index < -0.39 is 0 Å². The van der Waals surface area contributed by atoms with Crippen molar-refractivity contribution in [3.63, 3.8) is 0 Å². The summed E-state index contributed by atoms with van der Waals surface area (Å²) in [6.07, 6.45) is 0. The van der Waals surface area contributed by atoms with E-state index in [2.05, 4.69) is 15.6 Å². The van der Waals surface area contributed by atoms with Crippen LogP contribution in [0.3, 0.4) is 0 Å². The molecule has 3 N–H and O–H groups in total. The summed E-state index contributed by atoms with van der Waals surface area (Å²) in [5.74, 6) is -0.340. The number of carbonyl (C=O) groups excluding carboxylic acids is 2. The van der Waals surface area contributed by atoms with Crippen LogP contribution in [0.15, 0.2) is 78.9 Å². The van der Waals surface area contributed by atoms with E-state index in [1.54, 1.807) is 12.1 Å². The van der Waals surface area contributed by atoms with Crippen LogP contribution in [0, 0.1) is 6.92 Å². The minimum Gasteiger partial charge on any atom is -0.351 e. The van der Waals surface area contributed by atoms with Gasteiger partial charge in [0.15, 0.2) is 0 Å². The van der Waals surface area contributed by atoms with Gasteiger partial charge in [-0.05, 0) is 61.9 Å². The summed E-state index contributed by atoms with van der Waals surface area (Å²) in [4.78, 5) is 28.3. The Kier molecular flexibility index (Phi) is 5.35. The molecule has 30 heavy (non-hydrogen) atoms. The lowest BCUT2D eigenvalue weighted by Gasteiger charge is -2.15. The van der Waals surface area contributed by atoms with Crippen LogP contribution in [-0.2, 0) is 0 Å². The van der Waals surface area contributed by atoms with Gasteiger partial charge in [0, 0.05) is 22.2 Å². The second kappa shape index (κ2) is 8.25. The Morgan fingerprint density at radius 1 is 0.867 bits per heavy atom. The molecule has 0 saturated heterocycles. The highest BCUT2D eigenvalue weighted by Crippen LogP contribution is 2.20. The third kappa shape index (κ3) is 4.25. The predicted octanol–water partition coefficient (Wildman–Crippen LogP) is 5.22. The number of hydrogen-bond donors (Lipinski definition) is 3. The second-order valence-electron chi connectivity index (χ2n) is 7.41. The molecule has 1 aromatic heterocycles. The van der Waals surface area contributed by atoms with Crippen LogP contribution in [0.5, 0.6) is 0 Å². The Morgan fingerprint density at radius 2 is 1.67 bits per heavy atom. The monoisotopic (exact) mass is 397 g/mol. The quantitative estimate of drug-likeness (QED) is 0.432. The molecule has 4 rings (SSSR count). The van der Waals surface area contributed by atoms with Crippen LogP contribution in [0.25, 0.3) is 10.9 Å². The smallest absolute Gasteiger partial charge is 0.268 e. The minimum atomic E-state index is -0.223. The average molecular weight is 397 g/mol. The van der Waals surface area contributed by atoms with E-state index in [9.17, 15) is 9.59 Å². The zero-order chi connectivity index (χ0) is 21.1. The first kappa shape index (κ1) is 19.5. The summed E-state index contributed by atoms with van der Waals surface area (Å²) in [6.45, 7) is 3.95. The lowest BCUT2D eigenvalue weighted by Crippen LogP contribution is -2.27. The van der Waals surface area contributed by atoms with Crippen molar-refractivity contribution in [3.05, 3.63) is 101 Å². The Morgan fingerprint density at radius 3 is 2.47 bits per heavy atom. The first-order chi connectivity index (χ1) is 14.5. The zero-order valence-corrected chi connectivity index (χ0v) is 16.9. The van der Waals surface area contributed by atoms with Gasteiger partial charge in [-0.1, -0.05) is 42.0 Å². The molecule has 1 unspecified atom stereocenters. The van der Waals surface area contributed by atoms with Crippen molar-refractivity contribution in [2.75, 3.05) is 5.32 Å². The van der Waals surface area contributed by atoms with Gasteiger partial charge in [0.1, 0.15) is 5.69 Å². The van der Waals surface area contributed by atoms with E-state index in [0.717, 1.165) is 22.0 Å². The minimum absolute atomic E-state index is 0.169. The number of aryl methyl sites for hydroxylation is 1. The van der Waals surface area contributed by atoms with Crippen LogP contribution >= 0.6 is 0 Å². The molecule has 0 spiro atoms. The lowest BCUT2D eigenvalue weighted by atomic mass is 10.1. The maximum absolute atomic E-state index is 12.7. The maximum Gasteiger partial charge on any atom is 0.268 e. The molecule has 2 amide bonds. The number of aromatic amines is 1. The SMILES string of the molecule is Cc1ccc2[nH]c(C(=O)NC(C)c3cccc(NC(=O)c4ccccc4)c3)cc2c1. The van der Waals surface area contributed by atoms with Gasteiger partial charge in [-0.25, -0.2) is 0 Å². The lowest BCUT2D eigenvalue weighted by molar-refractivity contribution is 0.0934. The van der Waals surface area contributed by atoms with E-state index >= 15 is 0 Å². The maximum atomic E-state index is 12.7. The predicted molar refractivity (Wildman–Crippen MR) is 120 cm³/mol. The molecule has 0 aliphatic heterocycles.